The van der Waals surface area contributed by atoms with Crippen molar-refractivity contribution in [2.45, 2.75) is 25.3 Å². The number of carbonyl (C=O) groups excluding carboxylic acids is 2. The summed E-state index contributed by atoms with van der Waals surface area (Å²) in [7, 11) is 0. The molecule has 106 valence electrons. The fourth-order valence-electron chi connectivity index (χ4n) is 2.40. The van der Waals surface area contributed by atoms with Crippen LogP contribution in [-0.4, -0.2) is 21.8 Å². The fraction of sp³-hybridized carbons (Fsp3) is 0.286. The zero-order valence-corrected chi connectivity index (χ0v) is 12.5. The molecule has 4 rings (SSSR count). The summed E-state index contributed by atoms with van der Waals surface area (Å²) in [5.41, 5.74) is 0.982. The van der Waals surface area contributed by atoms with E-state index in [1.54, 1.807) is 18.2 Å². The van der Waals surface area contributed by atoms with Gasteiger partial charge >= 0.3 is 0 Å². The predicted molar refractivity (Wildman–Crippen MR) is 75.9 cm³/mol. The molecule has 1 aliphatic carbocycles. The van der Waals surface area contributed by atoms with E-state index in [0.29, 0.717) is 28.9 Å². The number of ketones is 1. The maximum absolute atomic E-state index is 12.1. The van der Waals surface area contributed by atoms with Gasteiger partial charge in [-0.1, -0.05) is 21.1 Å². The lowest BCUT2D eigenvalue weighted by molar-refractivity contribution is -0.114. The van der Waals surface area contributed by atoms with E-state index >= 15 is 0 Å². The summed E-state index contributed by atoms with van der Waals surface area (Å²) in [5, 5.41) is 3.92. The molecule has 2 aliphatic rings. The van der Waals surface area contributed by atoms with Crippen molar-refractivity contribution in [2.24, 2.45) is 0 Å². The number of aromatic nitrogens is 2. The molecule has 0 spiro atoms. The highest BCUT2D eigenvalue weighted by Gasteiger charge is 2.37. The van der Waals surface area contributed by atoms with Gasteiger partial charge in [0.15, 0.2) is 5.82 Å². The number of rotatable bonds is 3. The van der Waals surface area contributed by atoms with Gasteiger partial charge in [-0.05, 0) is 31.0 Å². The lowest BCUT2D eigenvalue weighted by Gasteiger charge is -2.13. The number of hydrogen-bond acceptors (Lipinski definition) is 5. The van der Waals surface area contributed by atoms with E-state index in [-0.39, 0.29) is 6.54 Å². The van der Waals surface area contributed by atoms with Crippen molar-refractivity contribution in [2.75, 3.05) is 4.90 Å². The molecule has 0 saturated heterocycles. The monoisotopic (exact) mass is 347 g/mol. The van der Waals surface area contributed by atoms with Crippen LogP contribution in [-0.2, 0) is 11.3 Å². The zero-order valence-electron chi connectivity index (χ0n) is 10.9. The van der Waals surface area contributed by atoms with Gasteiger partial charge in [0, 0.05) is 10.4 Å². The van der Waals surface area contributed by atoms with Crippen LogP contribution in [0.2, 0.25) is 0 Å². The predicted octanol–water partition coefficient (Wildman–Crippen LogP) is 2.44. The van der Waals surface area contributed by atoms with E-state index in [4.69, 9.17) is 4.52 Å². The Kier molecular flexibility index (Phi) is 2.72. The van der Waals surface area contributed by atoms with E-state index in [2.05, 4.69) is 26.1 Å². The van der Waals surface area contributed by atoms with Gasteiger partial charge in [0.1, 0.15) is 6.54 Å². The van der Waals surface area contributed by atoms with Gasteiger partial charge in [-0.15, -0.1) is 0 Å². The average Bonchev–Trinajstić information content (AvgIpc) is 3.18. The molecule has 0 N–H and O–H groups in total. The van der Waals surface area contributed by atoms with Gasteiger partial charge in [0.05, 0.1) is 11.3 Å². The molecule has 1 amide bonds. The molecule has 1 aromatic heterocycles. The minimum Gasteiger partial charge on any atom is -0.337 e. The molecule has 1 fully saturated rings. The highest BCUT2D eigenvalue weighted by molar-refractivity contribution is 9.10. The first-order valence-corrected chi connectivity index (χ1v) is 7.41. The number of carbonyl (C=O) groups is 2. The third-order valence-electron chi connectivity index (χ3n) is 3.65. The molecule has 0 radical (unpaired) electrons. The second kappa shape index (κ2) is 4.49. The SMILES string of the molecule is O=C1C(=O)N(Cc2nc(C3CC3)no2)c2ccc(Br)cc21. The fourth-order valence-corrected chi connectivity index (χ4v) is 2.77. The highest BCUT2D eigenvalue weighted by atomic mass is 79.9. The van der Waals surface area contributed by atoms with E-state index in [1.807, 2.05) is 0 Å². The molecule has 0 atom stereocenters. The van der Waals surface area contributed by atoms with Crippen molar-refractivity contribution in [1.82, 2.24) is 10.1 Å². The Bertz CT molecular complexity index is 767. The van der Waals surface area contributed by atoms with E-state index in [0.717, 1.165) is 17.3 Å². The Hall–Kier alpha value is -2.02. The first kappa shape index (κ1) is 12.7. The van der Waals surface area contributed by atoms with Crippen LogP contribution in [0.1, 0.15) is 40.8 Å². The summed E-state index contributed by atoms with van der Waals surface area (Å²) in [5.74, 6) is 0.372. The van der Waals surface area contributed by atoms with Crippen LogP contribution in [0.25, 0.3) is 0 Å². The van der Waals surface area contributed by atoms with Crippen LogP contribution in [0, 0.1) is 0 Å². The first-order chi connectivity index (χ1) is 10.1. The van der Waals surface area contributed by atoms with Crippen LogP contribution < -0.4 is 4.90 Å². The zero-order chi connectivity index (χ0) is 14.6. The molecule has 1 aromatic carbocycles. The molecule has 0 unspecified atom stereocenters. The number of hydrogen-bond donors (Lipinski definition) is 0. The van der Waals surface area contributed by atoms with Crippen LogP contribution in [0.5, 0.6) is 0 Å². The maximum Gasteiger partial charge on any atom is 0.299 e. The number of Topliss-reactive ketones (excluding diaryl/α,β-unsaturated/α-hetero) is 1. The lowest BCUT2D eigenvalue weighted by atomic mass is 10.1. The van der Waals surface area contributed by atoms with Crippen LogP contribution in [0.15, 0.2) is 27.2 Å². The highest BCUT2D eigenvalue weighted by Crippen LogP contribution is 2.38. The van der Waals surface area contributed by atoms with Crippen LogP contribution >= 0.6 is 15.9 Å². The van der Waals surface area contributed by atoms with E-state index in [9.17, 15) is 9.59 Å². The minimum absolute atomic E-state index is 0.124. The van der Waals surface area contributed by atoms with Crippen LogP contribution in [0.4, 0.5) is 5.69 Å². The number of halogens is 1. The molecule has 21 heavy (non-hydrogen) atoms. The smallest absolute Gasteiger partial charge is 0.299 e. The number of amides is 1. The quantitative estimate of drug-likeness (QED) is 0.797. The summed E-state index contributed by atoms with van der Waals surface area (Å²) in [6, 6.07) is 5.18. The summed E-state index contributed by atoms with van der Waals surface area (Å²) in [6.45, 7) is 0.124. The van der Waals surface area contributed by atoms with Gasteiger partial charge in [-0.2, -0.15) is 4.98 Å². The van der Waals surface area contributed by atoms with Gasteiger partial charge < -0.3 is 4.52 Å². The first-order valence-electron chi connectivity index (χ1n) is 6.61. The van der Waals surface area contributed by atoms with Crippen LogP contribution in [0.3, 0.4) is 0 Å². The molecule has 1 saturated carbocycles. The summed E-state index contributed by atoms with van der Waals surface area (Å²) < 4.78 is 5.94. The third kappa shape index (κ3) is 2.08. The lowest BCUT2D eigenvalue weighted by Crippen LogP contribution is -2.29. The Morgan fingerprint density at radius 3 is 2.90 bits per heavy atom. The molecular formula is C14H10BrN3O3. The Morgan fingerprint density at radius 2 is 2.14 bits per heavy atom. The molecule has 2 heterocycles. The Balaban J connectivity index is 1.65. The van der Waals surface area contributed by atoms with Crippen molar-refractivity contribution >= 4 is 33.3 Å². The topological polar surface area (TPSA) is 76.3 Å². The van der Waals surface area contributed by atoms with Crippen molar-refractivity contribution in [3.8, 4) is 0 Å². The molecule has 6 nitrogen and oxygen atoms in total. The number of fused-ring (bicyclic) bond motifs is 1. The summed E-state index contributed by atoms with van der Waals surface area (Å²) in [6.07, 6.45) is 2.16. The normalized spacial score (nSPS) is 17.5. The second-order valence-corrected chi connectivity index (χ2v) is 6.12. The van der Waals surface area contributed by atoms with Crippen molar-refractivity contribution in [3.63, 3.8) is 0 Å². The van der Waals surface area contributed by atoms with E-state index < -0.39 is 11.7 Å². The Morgan fingerprint density at radius 1 is 1.33 bits per heavy atom. The minimum atomic E-state index is -0.561. The Labute approximate surface area is 128 Å². The maximum atomic E-state index is 12.1. The van der Waals surface area contributed by atoms with Gasteiger partial charge in [-0.25, -0.2) is 0 Å². The molecule has 2 aromatic rings. The molecule has 7 heteroatoms. The molecular weight excluding hydrogens is 338 g/mol. The number of anilines is 1. The second-order valence-electron chi connectivity index (χ2n) is 5.20. The van der Waals surface area contributed by atoms with Crippen molar-refractivity contribution in [1.29, 1.82) is 0 Å². The molecule has 0 bridgehead atoms. The van der Waals surface area contributed by atoms with Gasteiger partial charge in [-0.3, -0.25) is 14.5 Å². The third-order valence-corrected chi connectivity index (χ3v) is 4.15. The summed E-state index contributed by atoms with van der Waals surface area (Å²) in [4.78, 5) is 29.8. The largest absolute Gasteiger partial charge is 0.337 e. The van der Waals surface area contributed by atoms with Gasteiger partial charge in [0.25, 0.3) is 11.7 Å². The number of nitrogens with zero attached hydrogens (tertiary/aromatic N) is 3. The average molecular weight is 348 g/mol. The van der Waals surface area contributed by atoms with E-state index in [1.165, 1.54) is 4.90 Å². The van der Waals surface area contributed by atoms with Crippen molar-refractivity contribution < 1.29 is 14.1 Å². The standard InChI is InChI=1S/C14H10BrN3O3/c15-8-3-4-10-9(5-8)12(19)14(20)18(10)6-11-16-13(17-21-11)7-1-2-7/h3-5,7H,1-2,6H2. The summed E-state index contributed by atoms with van der Waals surface area (Å²) >= 11 is 3.30. The van der Waals surface area contributed by atoms with Gasteiger partial charge in [0.2, 0.25) is 5.89 Å². The number of benzene rings is 1. The van der Waals surface area contributed by atoms with Crippen molar-refractivity contribution in [3.05, 3.63) is 40.0 Å². The molecule has 1 aliphatic heterocycles.